The molecule has 0 bridgehead atoms. The lowest BCUT2D eigenvalue weighted by Crippen LogP contribution is -2.30. The maximum Gasteiger partial charge on any atom is 0.472 e. The quantitative estimate of drug-likeness (QED) is 0.0169. The summed E-state index contributed by atoms with van der Waals surface area (Å²) in [5, 5.41) is 10.6. The molecule has 19 heteroatoms. The SMILES string of the molecule is CCCCCC/C=C\C=C/CCCCCCCC(=O)OC[C@H](COP(=O)(O)OCC(O)COP(=O)(O)OC[C@@H](COC(=O)CCCCCCCCCC(C)C)OC(=O)CCCCCCCCCCCCCCCC(C)C)OC(=O)CCCCCCCCCCC(C)CC. The molecule has 0 aromatic heterocycles. The molecule has 0 aliphatic carbocycles. The Morgan fingerprint density at radius 2 is 0.634 bits per heavy atom. The van der Waals surface area contributed by atoms with E-state index >= 15 is 0 Å². The molecule has 0 aromatic carbocycles. The molecule has 0 saturated carbocycles. The number of aliphatic hydroxyl groups is 1. The molecule has 0 heterocycles. The fourth-order valence-corrected chi connectivity index (χ4v) is 12.3. The Balaban J connectivity index is 5.28. The van der Waals surface area contributed by atoms with Crippen molar-refractivity contribution in [2.45, 2.75) is 369 Å². The molecule has 0 radical (unpaired) electrons. The highest BCUT2D eigenvalue weighted by atomic mass is 31.2. The van der Waals surface area contributed by atoms with E-state index in [1.165, 1.54) is 135 Å². The average Bonchev–Trinajstić information content (AvgIpc) is 2.52. The molecule has 17 nitrogen and oxygen atoms in total. The van der Waals surface area contributed by atoms with Crippen LogP contribution in [0.5, 0.6) is 0 Å². The van der Waals surface area contributed by atoms with Crippen LogP contribution in [0.25, 0.3) is 0 Å². The Labute approximate surface area is 567 Å². The Morgan fingerprint density at radius 3 is 0.957 bits per heavy atom. The van der Waals surface area contributed by atoms with Gasteiger partial charge in [-0.2, -0.15) is 0 Å². The number of ether oxygens (including phenoxy) is 4. The second-order valence-corrected chi connectivity index (χ2v) is 30.1. The predicted octanol–water partition coefficient (Wildman–Crippen LogP) is 21.0. The van der Waals surface area contributed by atoms with Crippen molar-refractivity contribution in [3.05, 3.63) is 24.3 Å². The van der Waals surface area contributed by atoms with Gasteiger partial charge in [0.2, 0.25) is 0 Å². The molecule has 0 rings (SSSR count). The molecule has 6 atom stereocenters. The number of allylic oxidation sites excluding steroid dienone is 4. The third kappa shape index (κ3) is 66.6. The van der Waals surface area contributed by atoms with Crippen molar-refractivity contribution in [2.75, 3.05) is 39.6 Å². The number of carbonyl (C=O) groups excluding carboxylic acids is 4. The van der Waals surface area contributed by atoms with Crippen LogP contribution in [0.3, 0.4) is 0 Å². The van der Waals surface area contributed by atoms with Crippen LogP contribution in [0.2, 0.25) is 0 Å². The van der Waals surface area contributed by atoms with Gasteiger partial charge in [0.05, 0.1) is 26.4 Å². The van der Waals surface area contributed by atoms with Gasteiger partial charge in [0.15, 0.2) is 12.2 Å². The summed E-state index contributed by atoms with van der Waals surface area (Å²) < 4.78 is 68.4. The molecular formula is C74H140O17P2. The molecule has 4 unspecified atom stereocenters. The standard InChI is InChI=1S/C74H140O17P2/c1-8-10-11-12-13-14-15-16-17-20-23-26-34-41-48-55-71(76)84-61-69(91-74(79)58-51-44-36-29-28-33-40-47-54-67(7)9-2)63-88-92(80,81)86-59-68(75)60-87-93(82,83)89-64-70(62-85-72(77)56-49-42-37-30-32-39-46-53-66(5)6)90-73(78)57-50-43-35-27-24-21-18-19-22-25-31-38-45-52-65(3)4/h14-17,65-70,75H,8-13,18-64H2,1-7H3,(H,80,81)(H,82,83)/b15-14-,17-16-/t67?,68?,69-,70-/m1/s1. The first-order chi connectivity index (χ1) is 44.8. The largest absolute Gasteiger partial charge is 0.472 e. The van der Waals surface area contributed by atoms with Crippen molar-refractivity contribution in [3.8, 4) is 0 Å². The van der Waals surface area contributed by atoms with Gasteiger partial charge in [-0.1, -0.05) is 297 Å². The summed E-state index contributed by atoms with van der Waals surface area (Å²) in [5.41, 5.74) is 0. The minimum atomic E-state index is -4.96. The van der Waals surface area contributed by atoms with Crippen molar-refractivity contribution >= 4 is 39.5 Å². The topological polar surface area (TPSA) is 237 Å². The molecule has 3 N–H and O–H groups in total. The number of phosphoric ester groups is 2. The number of rotatable bonds is 70. The summed E-state index contributed by atoms with van der Waals surface area (Å²) in [6.45, 7) is 11.8. The lowest BCUT2D eigenvalue weighted by molar-refractivity contribution is -0.161. The highest BCUT2D eigenvalue weighted by Crippen LogP contribution is 2.45. The average molecular weight is 1360 g/mol. The maximum atomic E-state index is 13.0. The molecule has 0 aliphatic heterocycles. The highest BCUT2D eigenvalue weighted by Gasteiger charge is 2.30. The van der Waals surface area contributed by atoms with Crippen molar-refractivity contribution in [1.29, 1.82) is 0 Å². The smallest absolute Gasteiger partial charge is 0.462 e. The Kier molecular flexibility index (Phi) is 62.5. The summed E-state index contributed by atoms with van der Waals surface area (Å²) in [6.07, 6.45) is 52.2. The van der Waals surface area contributed by atoms with E-state index in [-0.39, 0.29) is 25.7 Å². The monoisotopic (exact) mass is 1360 g/mol. The second-order valence-electron chi connectivity index (χ2n) is 27.2. The Hall–Kier alpha value is -2.46. The lowest BCUT2D eigenvalue weighted by atomic mass is 9.99. The van der Waals surface area contributed by atoms with Gasteiger partial charge in [-0.3, -0.25) is 37.3 Å². The van der Waals surface area contributed by atoms with Crippen molar-refractivity contribution in [3.63, 3.8) is 0 Å². The van der Waals surface area contributed by atoms with Crippen LogP contribution in [0.15, 0.2) is 24.3 Å². The minimum Gasteiger partial charge on any atom is -0.462 e. The van der Waals surface area contributed by atoms with E-state index in [0.29, 0.717) is 31.6 Å². The van der Waals surface area contributed by atoms with Gasteiger partial charge in [-0.25, -0.2) is 9.13 Å². The molecule has 548 valence electrons. The molecule has 0 amide bonds. The molecular weight excluding hydrogens is 1220 g/mol. The van der Waals surface area contributed by atoms with Crippen LogP contribution in [0.1, 0.15) is 350 Å². The fourth-order valence-electron chi connectivity index (χ4n) is 10.7. The van der Waals surface area contributed by atoms with E-state index in [1.807, 2.05) is 0 Å². The summed E-state index contributed by atoms with van der Waals surface area (Å²) in [7, 11) is -9.92. The Morgan fingerprint density at radius 1 is 0.355 bits per heavy atom. The van der Waals surface area contributed by atoms with E-state index in [1.54, 1.807) is 0 Å². The third-order valence-electron chi connectivity index (χ3n) is 16.9. The molecule has 0 spiro atoms. The van der Waals surface area contributed by atoms with Gasteiger partial charge in [0, 0.05) is 25.7 Å². The van der Waals surface area contributed by atoms with Crippen molar-refractivity contribution < 1.29 is 80.2 Å². The lowest BCUT2D eigenvalue weighted by Gasteiger charge is -2.21. The number of carbonyl (C=O) groups is 4. The molecule has 93 heavy (non-hydrogen) atoms. The molecule has 0 aromatic rings. The van der Waals surface area contributed by atoms with Crippen LogP contribution in [0, 0.1) is 17.8 Å². The van der Waals surface area contributed by atoms with E-state index < -0.39 is 97.5 Å². The number of hydrogen-bond acceptors (Lipinski definition) is 15. The number of aliphatic hydroxyl groups excluding tert-OH is 1. The Bertz CT molecular complexity index is 1910. The fraction of sp³-hybridized carbons (Fsp3) is 0.892. The second kappa shape index (κ2) is 64.2. The first-order valence-electron chi connectivity index (χ1n) is 37.7. The summed E-state index contributed by atoms with van der Waals surface area (Å²) in [4.78, 5) is 72.7. The zero-order valence-corrected chi connectivity index (χ0v) is 62.0. The summed E-state index contributed by atoms with van der Waals surface area (Å²) >= 11 is 0. The number of unbranched alkanes of at least 4 members (excludes halogenated alkanes) is 34. The zero-order chi connectivity index (χ0) is 68.7. The van der Waals surface area contributed by atoms with Gasteiger partial charge < -0.3 is 33.8 Å². The third-order valence-corrected chi connectivity index (χ3v) is 18.8. The van der Waals surface area contributed by atoms with Gasteiger partial charge in [0.1, 0.15) is 19.3 Å². The van der Waals surface area contributed by atoms with Gasteiger partial charge in [-0.05, 0) is 69.1 Å². The van der Waals surface area contributed by atoms with E-state index in [4.69, 9.17) is 37.0 Å². The number of esters is 4. The molecule has 0 saturated heterocycles. The molecule has 0 aliphatic rings. The number of hydrogen-bond donors (Lipinski definition) is 3. The van der Waals surface area contributed by atoms with Crippen LogP contribution in [0.4, 0.5) is 0 Å². The van der Waals surface area contributed by atoms with Crippen LogP contribution in [-0.4, -0.2) is 96.7 Å². The summed E-state index contributed by atoms with van der Waals surface area (Å²) in [6, 6.07) is 0. The normalized spacial score (nSPS) is 14.6. The van der Waals surface area contributed by atoms with E-state index in [0.717, 1.165) is 127 Å². The maximum absolute atomic E-state index is 13.0. The van der Waals surface area contributed by atoms with Crippen molar-refractivity contribution in [1.82, 2.24) is 0 Å². The first kappa shape index (κ1) is 90.5. The predicted molar refractivity (Wildman–Crippen MR) is 377 cm³/mol. The van der Waals surface area contributed by atoms with Crippen molar-refractivity contribution in [2.24, 2.45) is 17.8 Å². The van der Waals surface area contributed by atoms with E-state index in [9.17, 15) is 43.2 Å². The molecule has 0 fully saturated rings. The number of phosphoric acid groups is 2. The minimum absolute atomic E-state index is 0.0978. The first-order valence-corrected chi connectivity index (χ1v) is 40.7. The van der Waals surface area contributed by atoms with Crippen LogP contribution in [-0.2, 0) is 65.4 Å². The summed E-state index contributed by atoms with van der Waals surface area (Å²) in [5.74, 6) is 0.102. The van der Waals surface area contributed by atoms with Gasteiger partial charge in [-0.15, -0.1) is 0 Å². The van der Waals surface area contributed by atoms with Gasteiger partial charge in [0.25, 0.3) is 0 Å². The van der Waals surface area contributed by atoms with Crippen LogP contribution < -0.4 is 0 Å². The van der Waals surface area contributed by atoms with Gasteiger partial charge >= 0.3 is 39.5 Å². The highest BCUT2D eigenvalue weighted by molar-refractivity contribution is 7.47. The van der Waals surface area contributed by atoms with E-state index in [2.05, 4.69) is 72.8 Å². The zero-order valence-electron chi connectivity index (χ0n) is 60.2. The van der Waals surface area contributed by atoms with Crippen LogP contribution >= 0.6 is 15.6 Å².